The summed E-state index contributed by atoms with van der Waals surface area (Å²) in [7, 11) is 0. The Morgan fingerprint density at radius 1 is 1.00 bits per heavy atom. The smallest absolute Gasteiger partial charge is 0.0781 e. The fourth-order valence-electron chi connectivity index (χ4n) is 1.16. The first kappa shape index (κ1) is 16.8. The van der Waals surface area contributed by atoms with Gasteiger partial charge in [-0.15, -0.1) is 0 Å². The van der Waals surface area contributed by atoms with E-state index in [0.29, 0.717) is 26.4 Å². The van der Waals surface area contributed by atoms with Crippen LogP contribution in [0.3, 0.4) is 0 Å². The van der Waals surface area contributed by atoms with Crippen molar-refractivity contribution in [3.8, 4) is 0 Å². The SMILES string of the molecule is CCCCOCCOCC(C)OCC(O)CC. The van der Waals surface area contributed by atoms with Crippen molar-refractivity contribution < 1.29 is 19.3 Å². The van der Waals surface area contributed by atoms with E-state index in [9.17, 15) is 5.11 Å². The molecule has 0 aliphatic carbocycles. The number of aliphatic hydroxyl groups is 1. The van der Waals surface area contributed by atoms with Crippen molar-refractivity contribution >= 4 is 0 Å². The molecule has 104 valence electrons. The molecule has 0 aliphatic rings. The highest BCUT2D eigenvalue weighted by Gasteiger charge is 2.06. The summed E-state index contributed by atoms with van der Waals surface area (Å²) in [6.07, 6.45) is 2.64. The van der Waals surface area contributed by atoms with Gasteiger partial charge in [0.2, 0.25) is 0 Å². The third-order valence-corrected chi connectivity index (χ3v) is 2.41. The maximum absolute atomic E-state index is 9.31. The molecule has 0 aromatic rings. The molecule has 0 spiro atoms. The van der Waals surface area contributed by atoms with Crippen LogP contribution < -0.4 is 0 Å². The second-order valence-electron chi connectivity index (χ2n) is 4.25. The van der Waals surface area contributed by atoms with Crippen LogP contribution in [0.5, 0.6) is 0 Å². The molecule has 0 saturated heterocycles. The zero-order valence-electron chi connectivity index (χ0n) is 11.5. The lowest BCUT2D eigenvalue weighted by Crippen LogP contribution is -2.23. The first-order valence-corrected chi connectivity index (χ1v) is 6.65. The molecule has 0 bridgehead atoms. The van der Waals surface area contributed by atoms with Crippen molar-refractivity contribution in [2.24, 2.45) is 0 Å². The molecule has 0 aliphatic heterocycles. The van der Waals surface area contributed by atoms with E-state index in [1.54, 1.807) is 0 Å². The van der Waals surface area contributed by atoms with Crippen LogP contribution in [0.25, 0.3) is 0 Å². The number of hydrogen-bond donors (Lipinski definition) is 1. The van der Waals surface area contributed by atoms with Crippen LogP contribution in [0.1, 0.15) is 40.0 Å². The summed E-state index contributed by atoms with van der Waals surface area (Å²) in [5.74, 6) is 0. The molecule has 0 aromatic heterocycles. The second-order valence-corrected chi connectivity index (χ2v) is 4.25. The maximum atomic E-state index is 9.31. The van der Waals surface area contributed by atoms with Gasteiger partial charge in [0.1, 0.15) is 0 Å². The van der Waals surface area contributed by atoms with E-state index in [1.165, 1.54) is 0 Å². The molecule has 17 heavy (non-hydrogen) atoms. The van der Waals surface area contributed by atoms with Crippen LogP contribution in [0, 0.1) is 0 Å². The Hall–Kier alpha value is -0.160. The molecule has 1 N–H and O–H groups in total. The Morgan fingerprint density at radius 3 is 2.35 bits per heavy atom. The third-order valence-electron chi connectivity index (χ3n) is 2.41. The normalized spacial score (nSPS) is 14.8. The largest absolute Gasteiger partial charge is 0.391 e. The van der Waals surface area contributed by atoms with E-state index in [4.69, 9.17) is 14.2 Å². The van der Waals surface area contributed by atoms with Crippen LogP contribution in [0.2, 0.25) is 0 Å². The zero-order valence-corrected chi connectivity index (χ0v) is 11.5. The Bertz CT molecular complexity index is 152. The van der Waals surface area contributed by atoms with Crippen LogP contribution in [0.4, 0.5) is 0 Å². The highest BCUT2D eigenvalue weighted by molar-refractivity contribution is 4.53. The summed E-state index contributed by atoms with van der Waals surface area (Å²) < 4.78 is 16.2. The van der Waals surface area contributed by atoms with Gasteiger partial charge in [-0.2, -0.15) is 0 Å². The summed E-state index contributed by atoms with van der Waals surface area (Å²) in [5.41, 5.74) is 0. The van der Waals surface area contributed by atoms with Gasteiger partial charge in [-0.1, -0.05) is 20.3 Å². The summed E-state index contributed by atoms with van der Waals surface area (Å²) in [4.78, 5) is 0. The molecule has 2 atom stereocenters. The molecule has 0 aromatic carbocycles. The van der Waals surface area contributed by atoms with Crippen molar-refractivity contribution in [1.82, 2.24) is 0 Å². The molecule has 4 heteroatoms. The first-order valence-electron chi connectivity index (χ1n) is 6.65. The zero-order chi connectivity index (χ0) is 12.9. The first-order chi connectivity index (χ1) is 8.20. The predicted molar refractivity (Wildman–Crippen MR) is 68.3 cm³/mol. The lowest BCUT2D eigenvalue weighted by Gasteiger charge is -2.15. The van der Waals surface area contributed by atoms with Gasteiger partial charge in [0.25, 0.3) is 0 Å². The van der Waals surface area contributed by atoms with Gasteiger partial charge in [0.15, 0.2) is 0 Å². The Morgan fingerprint density at radius 2 is 1.71 bits per heavy atom. The van der Waals surface area contributed by atoms with Crippen LogP contribution in [0.15, 0.2) is 0 Å². The number of unbranched alkanes of at least 4 members (excludes halogenated alkanes) is 1. The summed E-state index contributed by atoms with van der Waals surface area (Å²) >= 11 is 0. The number of ether oxygens (including phenoxy) is 3. The summed E-state index contributed by atoms with van der Waals surface area (Å²) in [5, 5.41) is 9.31. The molecule has 2 unspecified atom stereocenters. The van der Waals surface area contributed by atoms with Gasteiger partial charge in [-0.3, -0.25) is 0 Å². The van der Waals surface area contributed by atoms with Gasteiger partial charge in [-0.05, 0) is 19.8 Å². The van der Waals surface area contributed by atoms with Gasteiger partial charge in [-0.25, -0.2) is 0 Å². The number of aliphatic hydroxyl groups excluding tert-OH is 1. The van der Waals surface area contributed by atoms with Gasteiger partial charge in [0.05, 0.1) is 38.6 Å². The van der Waals surface area contributed by atoms with Crippen molar-refractivity contribution in [3.05, 3.63) is 0 Å². The monoisotopic (exact) mass is 248 g/mol. The van der Waals surface area contributed by atoms with Gasteiger partial charge in [0, 0.05) is 6.61 Å². The van der Waals surface area contributed by atoms with Crippen molar-refractivity contribution in [3.63, 3.8) is 0 Å². The lowest BCUT2D eigenvalue weighted by molar-refractivity contribution is -0.0494. The van der Waals surface area contributed by atoms with E-state index in [-0.39, 0.29) is 12.2 Å². The van der Waals surface area contributed by atoms with Crippen molar-refractivity contribution in [1.29, 1.82) is 0 Å². The fourth-order valence-corrected chi connectivity index (χ4v) is 1.16. The molecule has 0 radical (unpaired) electrons. The Kier molecular flexibility index (Phi) is 12.2. The average molecular weight is 248 g/mol. The summed E-state index contributed by atoms with van der Waals surface area (Å²) in [6.45, 7) is 9.01. The predicted octanol–water partition coefficient (Wildman–Crippen LogP) is 2.00. The van der Waals surface area contributed by atoms with Crippen LogP contribution in [-0.4, -0.2) is 50.3 Å². The second kappa shape index (κ2) is 12.3. The number of rotatable bonds is 12. The van der Waals surface area contributed by atoms with Crippen LogP contribution >= 0.6 is 0 Å². The molecule has 0 rings (SSSR count). The Labute approximate surface area is 105 Å². The van der Waals surface area contributed by atoms with Crippen LogP contribution in [-0.2, 0) is 14.2 Å². The lowest BCUT2D eigenvalue weighted by atomic mass is 10.3. The molecular weight excluding hydrogens is 220 g/mol. The summed E-state index contributed by atoms with van der Waals surface area (Å²) in [6, 6.07) is 0. The third kappa shape index (κ3) is 12.1. The molecular formula is C13H28O4. The fraction of sp³-hybridized carbons (Fsp3) is 1.00. The van der Waals surface area contributed by atoms with Crippen molar-refractivity contribution in [2.75, 3.05) is 33.0 Å². The Balaban J connectivity index is 3.19. The molecule has 0 saturated carbocycles. The van der Waals surface area contributed by atoms with E-state index in [1.807, 2.05) is 13.8 Å². The van der Waals surface area contributed by atoms with E-state index >= 15 is 0 Å². The van der Waals surface area contributed by atoms with E-state index in [2.05, 4.69) is 6.92 Å². The number of hydrogen-bond acceptors (Lipinski definition) is 4. The van der Waals surface area contributed by atoms with Gasteiger partial charge >= 0.3 is 0 Å². The van der Waals surface area contributed by atoms with E-state index < -0.39 is 0 Å². The highest BCUT2D eigenvalue weighted by atomic mass is 16.5. The molecule has 0 amide bonds. The van der Waals surface area contributed by atoms with Gasteiger partial charge < -0.3 is 19.3 Å². The topological polar surface area (TPSA) is 47.9 Å². The average Bonchev–Trinajstić information content (AvgIpc) is 2.34. The highest BCUT2D eigenvalue weighted by Crippen LogP contribution is 1.97. The minimum absolute atomic E-state index is 0.0202. The molecule has 4 nitrogen and oxygen atoms in total. The maximum Gasteiger partial charge on any atom is 0.0781 e. The quantitative estimate of drug-likeness (QED) is 0.537. The van der Waals surface area contributed by atoms with Crippen molar-refractivity contribution in [2.45, 2.75) is 52.2 Å². The molecule has 0 fully saturated rings. The standard InChI is InChI=1S/C13H28O4/c1-4-6-7-15-8-9-16-10-12(3)17-11-13(14)5-2/h12-14H,4-11H2,1-3H3. The van der Waals surface area contributed by atoms with E-state index in [0.717, 1.165) is 25.9 Å². The minimum Gasteiger partial charge on any atom is -0.391 e. The molecule has 0 heterocycles. The minimum atomic E-state index is -0.366.